The number of pyridine rings is 1. The first kappa shape index (κ1) is 35.0. The smallest absolute Gasteiger partial charge is 0.417 e. The molecule has 0 spiro atoms. The van der Waals surface area contributed by atoms with Gasteiger partial charge in [0.2, 0.25) is 11.8 Å². The molecule has 10 nitrogen and oxygen atoms in total. The number of nitrogens with zero attached hydrogens (tertiary/aromatic N) is 3. The molecule has 2 aliphatic heterocycles. The minimum atomic E-state index is -4.73. The number of likely N-dealkylation sites (tertiary alicyclic amines) is 1. The van der Waals surface area contributed by atoms with Gasteiger partial charge in [-0.05, 0) is 67.1 Å². The van der Waals surface area contributed by atoms with E-state index in [2.05, 4.69) is 10.4 Å². The van der Waals surface area contributed by atoms with Gasteiger partial charge >= 0.3 is 6.18 Å². The first-order valence-corrected chi connectivity index (χ1v) is 17.1. The zero-order valence-corrected chi connectivity index (χ0v) is 28.5. The zero-order valence-electron chi connectivity index (χ0n) is 27.0. The second-order valence-corrected chi connectivity index (χ2v) is 13.8. The van der Waals surface area contributed by atoms with Gasteiger partial charge in [-0.25, -0.2) is 4.98 Å². The van der Waals surface area contributed by atoms with Gasteiger partial charge in [-0.3, -0.25) is 29.5 Å². The Labute approximate surface area is 300 Å². The molecule has 0 radical (unpaired) electrons. The Morgan fingerprint density at radius 1 is 1.00 bits per heavy atom. The molecule has 1 saturated carbocycles. The molecule has 3 aromatic rings. The molecule has 15 heteroatoms. The maximum Gasteiger partial charge on any atom is 0.417 e. The second-order valence-electron chi connectivity index (χ2n) is 13.0. The van der Waals surface area contributed by atoms with Crippen LogP contribution in [0.25, 0.3) is 0 Å². The summed E-state index contributed by atoms with van der Waals surface area (Å²) in [5.41, 5.74) is 1.64. The van der Waals surface area contributed by atoms with Crippen LogP contribution >= 0.6 is 23.2 Å². The van der Waals surface area contributed by atoms with Crippen LogP contribution < -0.4 is 10.2 Å². The SMILES string of the molecule is CCN1C(=O)[C@H]2[C@H](CC=C3[C@H]2C[C@H]2C(=O)N(Nc4ncc(C(F)(F)F)cc4Cl)C(=O)[C@@]2(c2ccc(Cl)cc2)[C@H]3c2ccc(OCCO)cc2)C1=O. The molecule has 3 heterocycles. The van der Waals surface area contributed by atoms with E-state index in [1.807, 2.05) is 6.08 Å². The summed E-state index contributed by atoms with van der Waals surface area (Å²) in [6, 6.07) is 14.0. The predicted octanol–water partition coefficient (Wildman–Crippen LogP) is 5.78. The van der Waals surface area contributed by atoms with Crippen LogP contribution in [0.4, 0.5) is 19.0 Å². The van der Waals surface area contributed by atoms with E-state index in [-0.39, 0.29) is 50.2 Å². The van der Waals surface area contributed by atoms with Crippen LogP contribution in [0.3, 0.4) is 0 Å². The number of imide groups is 2. The number of aliphatic hydroxyl groups is 1. The third kappa shape index (κ3) is 5.48. The minimum absolute atomic E-state index is 0.0251. The Bertz CT molecular complexity index is 1960. The molecule has 0 bridgehead atoms. The van der Waals surface area contributed by atoms with Gasteiger partial charge in [0, 0.05) is 23.7 Å². The van der Waals surface area contributed by atoms with Crippen molar-refractivity contribution in [1.29, 1.82) is 0 Å². The summed E-state index contributed by atoms with van der Waals surface area (Å²) < 4.78 is 45.8. The number of ether oxygens (including phenoxy) is 1. The summed E-state index contributed by atoms with van der Waals surface area (Å²) in [5.74, 6) is -5.86. The number of aliphatic hydroxyl groups excluding tert-OH is 1. The van der Waals surface area contributed by atoms with Crippen LogP contribution in [-0.2, 0) is 30.8 Å². The van der Waals surface area contributed by atoms with E-state index < -0.39 is 63.6 Å². The standard InChI is InChI=1S/C36H31Cl2F3N4O6/c1-2-44-31(47)24-12-11-23-25(28(24)33(44)49)16-26-32(48)45(43-30-27(38)15-20(17-42-30)36(39,40)41)34(50)35(26,19-5-7-21(37)8-6-19)29(23)18-3-9-22(10-4-18)51-14-13-46/h3-11,15,17,24-26,28-29,46H,2,12-14,16H2,1H3,(H,42,43)/t24-,25+,26-,28-,29-,35+/m0/s1. The Hall–Kier alpha value is -4.46. The number of hydrogen-bond acceptors (Lipinski definition) is 8. The molecule has 2 saturated heterocycles. The highest BCUT2D eigenvalue weighted by atomic mass is 35.5. The lowest BCUT2D eigenvalue weighted by Gasteiger charge is -2.50. The second kappa shape index (κ2) is 12.9. The highest BCUT2D eigenvalue weighted by Gasteiger charge is 2.70. The number of carbonyl (C=O) groups is 4. The van der Waals surface area contributed by atoms with Crippen LogP contribution in [0.2, 0.25) is 10.0 Å². The number of alkyl halides is 3. The Balaban J connectivity index is 1.41. The fraction of sp³-hybridized carbons (Fsp3) is 0.361. The number of allylic oxidation sites excluding steroid dienone is 2. The Kier molecular flexibility index (Phi) is 8.87. The fourth-order valence-corrected chi connectivity index (χ4v) is 8.79. The molecule has 4 amide bonds. The van der Waals surface area contributed by atoms with E-state index in [4.69, 9.17) is 27.9 Å². The van der Waals surface area contributed by atoms with Crippen molar-refractivity contribution in [1.82, 2.24) is 14.9 Å². The van der Waals surface area contributed by atoms with Crippen molar-refractivity contribution >= 4 is 52.6 Å². The maximum atomic E-state index is 15.2. The van der Waals surface area contributed by atoms with E-state index in [1.54, 1.807) is 55.5 Å². The predicted molar refractivity (Wildman–Crippen MR) is 178 cm³/mol. The van der Waals surface area contributed by atoms with Crippen molar-refractivity contribution in [2.75, 3.05) is 25.2 Å². The van der Waals surface area contributed by atoms with Crippen LogP contribution in [0.15, 0.2) is 72.4 Å². The zero-order chi connectivity index (χ0) is 36.4. The first-order valence-electron chi connectivity index (χ1n) is 16.4. The van der Waals surface area contributed by atoms with Crippen LogP contribution in [0, 0.1) is 23.7 Å². The highest BCUT2D eigenvalue weighted by Crippen LogP contribution is 2.64. The number of benzene rings is 2. The average Bonchev–Trinajstić information content (AvgIpc) is 3.48. The monoisotopic (exact) mass is 742 g/mol. The maximum absolute atomic E-state index is 15.2. The number of fused-ring (bicyclic) bond motifs is 4. The largest absolute Gasteiger partial charge is 0.491 e. The van der Waals surface area contributed by atoms with Gasteiger partial charge < -0.3 is 9.84 Å². The normalized spacial score (nSPS) is 27.3. The number of anilines is 1. The summed E-state index contributed by atoms with van der Waals surface area (Å²) in [6.07, 6.45) is -2.00. The van der Waals surface area contributed by atoms with Crippen LogP contribution in [-0.4, -0.2) is 63.4 Å². The van der Waals surface area contributed by atoms with Gasteiger partial charge in [0.25, 0.3) is 11.8 Å². The van der Waals surface area contributed by atoms with Crippen molar-refractivity contribution < 1.29 is 42.2 Å². The summed E-state index contributed by atoms with van der Waals surface area (Å²) in [4.78, 5) is 62.1. The number of carbonyl (C=O) groups excluding carboxylic acids is 4. The molecule has 51 heavy (non-hydrogen) atoms. The molecule has 1 aromatic heterocycles. The van der Waals surface area contributed by atoms with E-state index in [1.165, 1.54) is 4.90 Å². The quantitative estimate of drug-likeness (QED) is 0.220. The van der Waals surface area contributed by atoms with Crippen molar-refractivity contribution in [2.24, 2.45) is 23.7 Å². The van der Waals surface area contributed by atoms with Gasteiger partial charge in [0.15, 0.2) is 5.82 Å². The summed E-state index contributed by atoms with van der Waals surface area (Å²) >= 11 is 12.5. The van der Waals surface area contributed by atoms with Crippen LogP contribution in [0.5, 0.6) is 5.75 Å². The van der Waals surface area contributed by atoms with E-state index >= 15 is 4.79 Å². The van der Waals surface area contributed by atoms with E-state index in [0.29, 0.717) is 34.2 Å². The van der Waals surface area contributed by atoms with Gasteiger partial charge in [-0.1, -0.05) is 59.1 Å². The van der Waals surface area contributed by atoms with Gasteiger partial charge in [-0.15, -0.1) is 0 Å². The summed E-state index contributed by atoms with van der Waals surface area (Å²) in [6.45, 7) is 1.76. The fourth-order valence-electron chi connectivity index (χ4n) is 8.45. The van der Waals surface area contributed by atoms with E-state index in [0.717, 1.165) is 10.6 Å². The van der Waals surface area contributed by atoms with Crippen molar-refractivity contribution in [2.45, 2.75) is 37.3 Å². The molecule has 7 rings (SSSR count). The Morgan fingerprint density at radius 3 is 2.33 bits per heavy atom. The third-order valence-corrected chi connectivity index (χ3v) is 11.1. The lowest BCUT2D eigenvalue weighted by Crippen LogP contribution is -2.53. The molecule has 0 unspecified atom stereocenters. The van der Waals surface area contributed by atoms with E-state index in [9.17, 15) is 32.7 Å². The third-order valence-electron chi connectivity index (χ3n) is 10.5. The number of rotatable bonds is 8. The average molecular weight is 744 g/mol. The number of amides is 4. The number of hydrazine groups is 1. The van der Waals surface area contributed by atoms with Gasteiger partial charge in [-0.2, -0.15) is 18.2 Å². The highest BCUT2D eigenvalue weighted by molar-refractivity contribution is 6.33. The Morgan fingerprint density at radius 2 is 1.71 bits per heavy atom. The molecule has 2 aromatic carbocycles. The van der Waals surface area contributed by atoms with Crippen molar-refractivity contribution in [3.8, 4) is 5.75 Å². The number of hydrogen-bond donors (Lipinski definition) is 2. The minimum Gasteiger partial charge on any atom is -0.491 e. The molecule has 2 N–H and O–H groups in total. The number of nitrogens with one attached hydrogen (secondary N) is 1. The lowest BCUT2D eigenvalue weighted by atomic mass is 9.49. The van der Waals surface area contributed by atoms with Gasteiger partial charge in [0.1, 0.15) is 12.4 Å². The molecule has 266 valence electrons. The molecule has 6 atom stereocenters. The molecule has 4 aliphatic rings. The topological polar surface area (TPSA) is 129 Å². The summed E-state index contributed by atoms with van der Waals surface area (Å²) in [5, 5.41) is 9.92. The van der Waals surface area contributed by atoms with Gasteiger partial charge in [0.05, 0.1) is 40.4 Å². The molecule has 2 aliphatic carbocycles. The summed E-state index contributed by atoms with van der Waals surface area (Å²) in [7, 11) is 0. The van der Waals surface area contributed by atoms with Crippen LogP contribution in [0.1, 0.15) is 42.4 Å². The molecular weight excluding hydrogens is 712 g/mol. The molecule has 3 fully saturated rings. The molecular formula is C36H31Cl2F3N4O6. The first-order chi connectivity index (χ1) is 24.3. The van der Waals surface area contributed by atoms with Crippen molar-refractivity contribution in [3.63, 3.8) is 0 Å². The van der Waals surface area contributed by atoms with Crippen molar-refractivity contribution in [3.05, 3.63) is 99.2 Å². The number of halogens is 5. The lowest BCUT2D eigenvalue weighted by molar-refractivity contribution is -0.141. The number of aromatic nitrogens is 1.